The molecule has 0 spiro atoms. The summed E-state index contributed by atoms with van der Waals surface area (Å²) in [6.07, 6.45) is -2.08. The Bertz CT molecular complexity index is 195. The summed E-state index contributed by atoms with van der Waals surface area (Å²) in [4.78, 5) is 8.44. The van der Waals surface area contributed by atoms with E-state index >= 15 is 0 Å². The molecule has 0 aromatic carbocycles. The first-order chi connectivity index (χ1) is 4.44. The maximum absolute atomic E-state index is 9.66. The van der Waals surface area contributed by atoms with Gasteiger partial charge in [0.05, 0.1) is 0 Å². The van der Waals surface area contributed by atoms with Gasteiger partial charge in [-0.15, -0.1) is 0 Å². The van der Waals surface area contributed by atoms with Crippen LogP contribution in [-0.4, -0.2) is 78.8 Å². The zero-order chi connectivity index (χ0) is 8.20. The molecule has 12 heavy (non-hydrogen) atoms. The minimum atomic E-state index is -3.44. The van der Waals surface area contributed by atoms with Crippen LogP contribution < -0.4 is 5.11 Å². The van der Waals surface area contributed by atoms with Crippen LogP contribution in [0.2, 0.25) is 0 Å². The van der Waals surface area contributed by atoms with Crippen LogP contribution in [0.5, 0.6) is 0 Å². The molecule has 0 bridgehead atoms. The van der Waals surface area contributed by atoms with Gasteiger partial charge in [0.2, 0.25) is 6.16 Å². The van der Waals surface area contributed by atoms with Crippen molar-refractivity contribution in [2.24, 2.45) is 0 Å². The van der Waals surface area contributed by atoms with Gasteiger partial charge < -0.3 is 27.0 Å². The molecule has 1 aliphatic rings. The molecular weight excluding hydrogens is 239 g/mol. The Hall–Kier alpha value is 0.892. The average molecular weight is 241 g/mol. The molecule has 1 radical (unpaired) electrons. The molecule has 1 saturated heterocycles. The van der Waals surface area contributed by atoms with Gasteiger partial charge in [-0.25, -0.2) is 0 Å². The van der Waals surface area contributed by atoms with Crippen LogP contribution in [0.25, 0.3) is 0 Å². The fourth-order valence-corrected chi connectivity index (χ4v) is 0.931. The number of hydrogen-bond acceptors (Lipinski definition) is 7. The standard InChI is InChI=1S/CH2O3.Al.Ca.H2O4S.H2O/c2-1(3)4;;;1-5(2,3)4;/h(H2,2,3,4);;;(H2,1,2,3,4);1H2/q;2*+2;;/p-4. The van der Waals surface area contributed by atoms with Gasteiger partial charge in [-0.2, -0.15) is 8.42 Å². The van der Waals surface area contributed by atoms with Crippen molar-refractivity contribution in [3.63, 3.8) is 0 Å². The number of carboxylic acid groups (broad SMARTS) is 2. The minimum Gasteiger partial charge on any atom is -0.870 e. The fourth-order valence-electron chi connectivity index (χ4n) is 0.103. The molecule has 1 aliphatic heterocycles. The predicted molar refractivity (Wildman–Crippen MR) is 32.6 cm³/mol. The van der Waals surface area contributed by atoms with E-state index in [1.54, 1.807) is 0 Å². The van der Waals surface area contributed by atoms with E-state index in [9.17, 15) is 8.42 Å². The molecular formula is CH2AlCaO8S. The van der Waals surface area contributed by atoms with Crippen molar-refractivity contribution in [1.82, 2.24) is 0 Å². The summed E-state index contributed by atoms with van der Waals surface area (Å²) in [5.74, 6) is 0. The second-order valence-corrected chi connectivity index (χ2v) is 3.51. The molecule has 0 unspecified atom stereocenters. The molecule has 1 fully saturated rings. The van der Waals surface area contributed by atoms with E-state index in [0.29, 0.717) is 0 Å². The van der Waals surface area contributed by atoms with Gasteiger partial charge in [0.1, 0.15) is 0 Å². The van der Waals surface area contributed by atoms with Gasteiger partial charge in [0.15, 0.2) is 0 Å². The second-order valence-electron chi connectivity index (χ2n) is 0.963. The first-order valence-electron chi connectivity index (χ1n) is 1.77. The van der Waals surface area contributed by atoms with Crippen LogP contribution in [0.15, 0.2) is 0 Å². The molecule has 0 aromatic heterocycles. The van der Waals surface area contributed by atoms with Gasteiger partial charge >= 0.3 is 64.0 Å². The SMILES string of the molecule is O=C([O-])O.O=S1(=O)[O][Al][O]1.[Ca+2].[OH-]. The van der Waals surface area contributed by atoms with Gasteiger partial charge in [-0.3, -0.25) is 0 Å². The van der Waals surface area contributed by atoms with Crippen molar-refractivity contribution in [1.29, 1.82) is 0 Å². The van der Waals surface area contributed by atoms with Crippen LogP contribution in [0.3, 0.4) is 0 Å². The molecule has 0 amide bonds. The average Bonchev–Trinajstić information content (AvgIpc) is 1.60. The van der Waals surface area contributed by atoms with Gasteiger partial charge in [-0.05, 0) is 0 Å². The summed E-state index contributed by atoms with van der Waals surface area (Å²) >= 11 is -0.701. The van der Waals surface area contributed by atoms with Crippen LogP contribution >= 0.6 is 0 Å². The molecule has 1 heterocycles. The Morgan fingerprint density at radius 3 is 1.58 bits per heavy atom. The largest absolute Gasteiger partial charge is 2.00 e. The van der Waals surface area contributed by atoms with Gasteiger partial charge in [0, 0.05) is 0 Å². The number of rotatable bonds is 0. The second kappa shape index (κ2) is 8.49. The Morgan fingerprint density at radius 2 is 1.58 bits per heavy atom. The molecule has 0 atom stereocenters. The summed E-state index contributed by atoms with van der Waals surface area (Å²) in [5.41, 5.74) is 0. The molecule has 11 heteroatoms. The number of carbonyl (C=O) groups is 1. The van der Waals surface area contributed by atoms with Crippen molar-refractivity contribution in [2.45, 2.75) is 0 Å². The minimum absolute atomic E-state index is 0. The van der Waals surface area contributed by atoms with E-state index in [1.165, 1.54) is 0 Å². The molecule has 2 N–H and O–H groups in total. The van der Waals surface area contributed by atoms with Crippen molar-refractivity contribution in [3.8, 4) is 0 Å². The van der Waals surface area contributed by atoms with E-state index in [1.807, 2.05) is 0 Å². The summed E-state index contributed by atoms with van der Waals surface area (Å²) in [6.45, 7) is 0. The van der Waals surface area contributed by atoms with Crippen molar-refractivity contribution in [2.75, 3.05) is 0 Å². The van der Waals surface area contributed by atoms with E-state index in [2.05, 4.69) is 6.47 Å². The van der Waals surface area contributed by atoms with Crippen LogP contribution in [0.1, 0.15) is 0 Å². The Balaban J connectivity index is -0.000000124. The monoisotopic (exact) mass is 241 g/mol. The fraction of sp³-hybridized carbons (Fsp3) is 0. The van der Waals surface area contributed by atoms with Crippen molar-refractivity contribution < 1.29 is 35.4 Å². The number of hydrogen-bond donors (Lipinski definition) is 1. The Morgan fingerprint density at radius 1 is 1.42 bits per heavy atom. The normalized spacial score (nSPS) is 15.7. The quantitative estimate of drug-likeness (QED) is 0.446. The molecule has 0 aromatic rings. The molecule has 65 valence electrons. The molecule has 0 saturated carbocycles. The Kier molecular flexibility index (Phi) is 13.2. The summed E-state index contributed by atoms with van der Waals surface area (Å²) in [6, 6.07) is 0. The predicted octanol–water partition coefficient (Wildman–Crippen LogP) is -2.86. The first-order valence-corrected chi connectivity index (χ1v) is 4.05. The van der Waals surface area contributed by atoms with E-state index < -0.39 is 32.4 Å². The van der Waals surface area contributed by atoms with Crippen LogP contribution in [-0.2, 0) is 16.9 Å². The van der Waals surface area contributed by atoms with E-state index in [0.717, 1.165) is 0 Å². The third kappa shape index (κ3) is 13.5. The first kappa shape index (κ1) is 18.6. The van der Waals surface area contributed by atoms with Gasteiger partial charge in [0.25, 0.3) is 0 Å². The molecule has 0 aliphatic carbocycles. The maximum Gasteiger partial charge on any atom is 2.00 e. The van der Waals surface area contributed by atoms with Crippen molar-refractivity contribution >= 4 is 70.2 Å². The molecule has 1 rings (SSSR count). The molecule has 8 nitrogen and oxygen atoms in total. The van der Waals surface area contributed by atoms with E-state index in [4.69, 9.17) is 15.0 Å². The van der Waals surface area contributed by atoms with Gasteiger partial charge in [-0.1, -0.05) is 0 Å². The Labute approximate surface area is 104 Å². The van der Waals surface area contributed by atoms with Crippen LogP contribution in [0.4, 0.5) is 4.79 Å². The summed E-state index contributed by atoms with van der Waals surface area (Å²) in [7, 11) is -3.44. The maximum atomic E-state index is 9.66. The third-order valence-electron chi connectivity index (χ3n) is 0.314. The van der Waals surface area contributed by atoms with Crippen molar-refractivity contribution in [3.05, 3.63) is 0 Å². The summed E-state index contributed by atoms with van der Waals surface area (Å²) < 4.78 is 27.2. The smallest absolute Gasteiger partial charge is 0.870 e. The van der Waals surface area contributed by atoms with E-state index in [-0.39, 0.29) is 43.2 Å². The zero-order valence-corrected chi connectivity index (χ0v) is 9.72. The van der Waals surface area contributed by atoms with Crippen LogP contribution in [0, 0.1) is 0 Å². The topological polar surface area (TPSA) is 143 Å². The summed E-state index contributed by atoms with van der Waals surface area (Å²) in [5, 5.41) is 15.3. The zero-order valence-electron chi connectivity index (χ0n) is 5.54. The third-order valence-corrected chi connectivity index (χ3v) is 2.83.